The summed E-state index contributed by atoms with van der Waals surface area (Å²) in [6, 6.07) is 13.3. The molecule has 1 amide bonds. The van der Waals surface area contributed by atoms with Crippen molar-refractivity contribution in [2.45, 2.75) is 18.4 Å². The van der Waals surface area contributed by atoms with Crippen molar-refractivity contribution in [1.82, 2.24) is 25.0 Å². The van der Waals surface area contributed by atoms with E-state index in [1.165, 1.54) is 4.90 Å². The topological polar surface area (TPSA) is 108 Å². The second-order valence-electron chi connectivity index (χ2n) is 8.60. The molecule has 0 spiro atoms. The third-order valence-electron chi connectivity index (χ3n) is 6.50. The van der Waals surface area contributed by atoms with Crippen molar-refractivity contribution in [3.8, 4) is 22.5 Å². The average Bonchev–Trinajstić information content (AvgIpc) is 3.41. The molecule has 1 atom stereocenters. The van der Waals surface area contributed by atoms with E-state index >= 15 is 0 Å². The van der Waals surface area contributed by atoms with Crippen LogP contribution >= 0.6 is 0 Å². The SMILES string of the molecule is CN1CCC(O)(c2cc(-c3cccc(-c4ccc5ncnc(N6CCC6)c5n4)c3)no2)C1=O. The summed E-state index contributed by atoms with van der Waals surface area (Å²) in [6.45, 7) is 2.43. The summed E-state index contributed by atoms with van der Waals surface area (Å²) in [6.07, 6.45) is 3.02. The summed E-state index contributed by atoms with van der Waals surface area (Å²) in [5.74, 6) is 0.654. The van der Waals surface area contributed by atoms with Gasteiger partial charge in [-0.1, -0.05) is 23.4 Å². The number of benzene rings is 1. The molecule has 2 aliphatic rings. The number of pyridine rings is 1. The van der Waals surface area contributed by atoms with E-state index in [1.807, 2.05) is 36.4 Å². The first-order valence-electron chi connectivity index (χ1n) is 11.0. The van der Waals surface area contributed by atoms with Crippen LogP contribution in [0.1, 0.15) is 18.6 Å². The summed E-state index contributed by atoms with van der Waals surface area (Å²) in [7, 11) is 1.66. The van der Waals surface area contributed by atoms with Crippen molar-refractivity contribution in [1.29, 1.82) is 0 Å². The molecule has 1 aromatic carbocycles. The number of hydrogen-bond donors (Lipinski definition) is 1. The molecule has 9 heteroatoms. The molecule has 0 aliphatic carbocycles. The highest BCUT2D eigenvalue weighted by Gasteiger charge is 2.48. The number of aromatic nitrogens is 4. The van der Waals surface area contributed by atoms with Crippen LogP contribution in [-0.2, 0) is 10.4 Å². The minimum absolute atomic E-state index is 0.164. The van der Waals surface area contributed by atoms with Crippen molar-refractivity contribution in [3.05, 3.63) is 54.6 Å². The molecule has 33 heavy (non-hydrogen) atoms. The van der Waals surface area contributed by atoms with E-state index in [0.29, 0.717) is 12.2 Å². The predicted octanol–water partition coefficient (Wildman–Crippen LogP) is 2.61. The van der Waals surface area contributed by atoms with Crippen molar-refractivity contribution in [2.24, 2.45) is 0 Å². The van der Waals surface area contributed by atoms with E-state index < -0.39 is 5.60 Å². The van der Waals surface area contributed by atoms with Crippen LogP contribution in [0.3, 0.4) is 0 Å². The van der Waals surface area contributed by atoms with Crippen LogP contribution in [-0.4, -0.2) is 62.7 Å². The van der Waals surface area contributed by atoms with Crippen LogP contribution in [0.5, 0.6) is 0 Å². The van der Waals surface area contributed by atoms with Gasteiger partial charge < -0.3 is 19.4 Å². The van der Waals surface area contributed by atoms with E-state index in [4.69, 9.17) is 9.51 Å². The van der Waals surface area contributed by atoms with Gasteiger partial charge in [0, 0.05) is 50.3 Å². The Morgan fingerprint density at radius 2 is 1.85 bits per heavy atom. The molecule has 2 saturated heterocycles. The van der Waals surface area contributed by atoms with Crippen LogP contribution in [0.2, 0.25) is 0 Å². The second-order valence-corrected chi connectivity index (χ2v) is 8.60. The number of likely N-dealkylation sites (N-methyl/N-ethyl adjacent to an activating group) is 1. The number of fused-ring (bicyclic) bond motifs is 1. The average molecular weight is 442 g/mol. The zero-order valence-corrected chi connectivity index (χ0v) is 18.1. The smallest absolute Gasteiger partial charge is 0.262 e. The lowest BCUT2D eigenvalue weighted by Gasteiger charge is -2.32. The monoisotopic (exact) mass is 442 g/mol. The van der Waals surface area contributed by atoms with E-state index in [2.05, 4.69) is 20.0 Å². The highest BCUT2D eigenvalue weighted by Crippen LogP contribution is 2.35. The van der Waals surface area contributed by atoms with Gasteiger partial charge in [-0.05, 0) is 24.6 Å². The van der Waals surface area contributed by atoms with E-state index in [-0.39, 0.29) is 18.1 Å². The van der Waals surface area contributed by atoms with Gasteiger partial charge in [-0.15, -0.1) is 0 Å². The Morgan fingerprint density at radius 1 is 1.03 bits per heavy atom. The Balaban J connectivity index is 1.36. The molecular weight excluding hydrogens is 420 g/mol. The standard InChI is InChI=1S/C24H22N6O3/c1-29-11-8-24(32,23(29)31)20-13-19(28-33-20)16-5-2-4-15(12-16)17-6-7-18-21(27-17)22(26-14-25-18)30-9-3-10-30/h2,4-7,12-14,32H,3,8-11H2,1H3. The number of hydrogen-bond acceptors (Lipinski definition) is 8. The Morgan fingerprint density at radius 3 is 2.58 bits per heavy atom. The zero-order valence-electron chi connectivity index (χ0n) is 18.1. The molecule has 4 aromatic rings. The Kier molecular flexibility index (Phi) is 4.41. The number of carbonyl (C=O) groups is 1. The van der Waals surface area contributed by atoms with E-state index in [9.17, 15) is 9.90 Å². The number of carbonyl (C=O) groups excluding carboxylic acids is 1. The van der Waals surface area contributed by atoms with Gasteiger partial charge in [0.15, 0.2) is 11.6 Å². The maximum Gasteiger partial charge on any atom is 0.262 e. The molecule has 2 aliphatic heterocycles. The minimum atomic E-state index is -1.66. The molecule has 0 bridgehead atoms. The quantitative estimate of drug-likeness (QED) is 0.514. The number of rotatable bonds is 4. The molecule has 5 heterocycles. The summed E-state index contributed by atoms with van der Waals surface area (Å²) in [5.41, 5.74) is 3.00. The normalized spacial score (nSPS) is 20.5. The molecule has 2 fully saturated rings. The molecule has 6 rings (SSSR count). The molecule has 0 saturated carbocycles. The summed E-state index contributed by atoms with van der Waals surface area (Å²) < 4.78 is 5.40. The second kappa shape index (κ2) is 7.35. The van der Waals surface area contributed by atoms with Gasteiger partial charge in [0.1, 0.15) is 17.5 Å². The summed E-state index contributed by atoms with van der Waals surface area (Å²) in [5, 5.41) is 15.0. The Bertz CT molecular complexity index is 1380. The third kappa shape index (κ3) is 3.15. The number of amides is 1. The number of likely N-dealkylation sites (tertiary alicyclic amines) is 1. The van der Waals surface area contributed by atoms with Crippen LogP contribution in [0.25, 0.3) is 33.5 Å². The lowest BCUT2D eigenvalue weighted by atomic mass is 9.97. The Hall–Kier alpha value is -3.85. The van der Waals surface area contributed by atoms with Crippen LogP contribution in [0, 0.1) is 0 Å². The largest absolute Gasteiger partial charge is 0.373 e. The van der Waals surface area contributed by atoms with Crippen LogP contribution in [0.4, 0.5) is 5.82 Å². The molecule has 166 valence electrons. The van der Waals surface area contributed by atoms with Gasteiger partial charge in [0.2, 0.25) is 5.60 Å². The van der Waals surface area contributed by atoms with Crippen molar-refractivity contribution in [2.75, 3.05) is 31.6 Å². The van der Waals surface area contributed by atoms with Crippen LogP contribution in [0.15, 0.2) is 53.3 Å². The van der Waals surface area contributed by atoms with Gasteiger partial charge in [-0.25, -0.2) is 15.0 Å². The molecule has 9 nitrogen and oxygen atoms in total. The van der Waals surface area contributed by atoms with Crippen molar-refractivity contribution >= 4 is 22.8 Å². The lowest BCUT2D eigenvalue weighted by molar-refractivity contribution is -0.144. The van der Waals surface area contributed by atoms with Gasteiger partial charge in [-0.2, -0.15) is 0 Å². The van der Waals surface area contributed by atoms with Gasteiger partial charge in [0.25, 0.3) is 5.91 Å². The fourth-order valence-corrected chi connectivity index (χ4v) is 4.37. The minimum Gasteiger partial charge on any atom is -0.373 e. The fraction of sp³-hybridized carbons (Fsp3) is 0.292. The first-order valence-corrected chi connectivity index (χ1v) is 11.0. The maximum absolute atomic E-state index is 12.4. The van der Waals surface area contributed by atoms with Gasteiger partial charge in [-0.3, -0.25) is 4.79 Å². The van der Waals surface area contributed by atoms with Gasteiger partial charge >= 0.3 is 0 Å². The molecular formula is C24H22N6O3. The fourth-order valence-electron chi connectivity index (χ4n) is 4.37. The van der Waals surface area contributed by atoms with E-state index in [0.717, 1.165) is 53.2 Å². The molecule has 1 N–H and O–H groups in total. The van der Waals surface area contributed by atoms with Crippen LogP contribution < -0.4 is 4.90 Å². The first-order chi connectivity index (χ1) is 16.0. The number of anilines is 1. The summed E-state index contributed by atoms with van der Waals surface area (Å²) >= 11 is 0. The highest BCUT2D eigenvalue weighted by atomic mass is 16.5. The van der Waals surface area contributed by atoms with Crippen molar-refractivity contribution in [3.63, 3.8) is 0 Å². The number of aliphatic hydroxyl groups is 1. The van der Waals surface area contributed by atoms with Crippen molar-refractivity contribution < 1.29 is 14.4 Å². The number of nitrogens with zero attached hydrogens (tertiary/aromatic N) is 6. The lowest BCUT2D eigenvalue weighted by Crippen LogP contribution is -2.37. The first kappa shape index (κ1) is 19.8. The molecule has 0 radical (unpaired) electrons. The highest BCUT2D eigenvalue weighted by molar-refractivity contribution is 5.89. The van der Waals surface area contributed by atoms with E-state index in [1.54, 1.807) is 19.4 Å². The van der Waals surface area contributed by atoms with Gasteiger partial charge in [0.05, 0.1) is 11.2 Å². The zero-order chi connectivity index (χ0) is 22.6. The Labute approximate surface area is 189 Å². The molecule has 3 aromatic heterocycles. The predicted molar refractivity (Wildman–Crippen MR) is 121 cm³/mol. The maximum atomic E-state index is 12.4. The third-order valence-corrected chi connectivity index (χ3v) is 6.50. The summed E-state index contributed by atoms with van der Waals surface area (Å²) in [4.78, 5) is 29.8. The molecule has 1 unspecified atom stereocenters.